The lowest BCUT2D eigenvalue weighted by atomic mass is 10.2. The maximum atomic E-state index is 12.7. The lowest BCUT2D eigenvalue weighted by Gasteiger charge is -2.05. The van der Waals surface area contributed by atoms with Crippen LogP contribution < -0.4 is 5.32 Å². The lowest BCUT2D eigenvalue weighted by molar-refractivity contribution is 0.623. The first-order valence-electron chi connectivity index (χ1n) is 5.15. The van der Waals surface area contributed by atoms with E-state index in [1.54, 1.807) is 18.3 Å². The highest BCUT2D eigenvalue weighted by Gasteiger charge is 2.04. The lowest BCUT2D eigenvalue weighted by Crippen LogP contribution is -2.04. The van der Waals surface area contributed by atoms with Crippen molar-refractivity contribution >= 4 is 18.1 Å². The van der Waals surface area contributed by atoms with Gasteiger partial charge >= 0.3 is 0 Å². The molecule has 0 saturated heterocycles. The predicted octanol–water partition coefficient (Wildman–Crippen LogP) is 2.84. The minimum Gasteiger partial charge on any atom is -0.385 e. The molecule has 0 unspecified atom stereocenters. The Morgan fingerprint density at radius 3 is 2.47 bits per heavy atom. The summed E-state index contributed by atoms with van der Waals surface area (Å²) in [5.41, 5.74) is 3.13. The largest absolute Gasteiger partial charge is 0.385 e. The zero-order valence-electron chi connectivity index (χ0n) is 9.77. The van der Waals surface area contributed by atoms with Crippen molar-refractivity contribution in [3.8, 4) is 0 Å². The van der Waals surface area contributed by atoms with Crippen LogP contribution in [0.2, 0.25) is 0 Å². The van der Waals surface area contributed by atoms with Gasteiger partial charge in [-0.15, -0.1) is 12.4 Å². The number of benzene rings is 1. The van der Waals surface area contributed by atoms with Crippen molar-refractivity contribution < 1.29 is 4.39 Å². The zero-order chi connectivity index (χ0) is 11.5. The number of hydrogen-bond donors (Lipinski definition) is 1. The van der Waals surface area contributed by atoms with Gasteiger partial charge in [0.25, 0.3) is 0 Å². The smallest absolute Gasteiger partial charge is 0.123 e. The average molecular weight is 256 g/mol. The van der Waals surface area contributed by atoms with Crippen molar-refractivity contribution in [3.63, 3.8) is 0 Å². The summed E-state index contributed by atoms with van der Waals surface area (Å²) in [6.07, 6.45) is 1.79. The fourth-order valence-electron chi connectivity index (χ4n) is 1.61. The zero-order valence-corrected chi connectivity index (χ0v) is 10.6. The van der Waals surface area contributed by atoms with Crippen LogP contribution in [-0.2, 0) is 6.54 Å². The third-order valence-corrected chi connectivity index (χ3v) is 2.62. The molecule has 5 heteroatoms. The number of hydrogen-bond acceptors (Lipinski definition) is 2. The maximum Gasteiger partial charge on any atom is 0.123 e. The van der Waals surface area contributed by atoms with E-state index < -0.39 is 0 Å². The van der Waals surface area contributed by atoms with Gasteiger partial charge < -0.3 is 5.32 Å². The second kappa shape index (κ2) is 5.68. The first kappa shape index (κ1) is 13.5. The van der Waals surface area contributed by atoms with Crippen LogP contribution in [0, 0.1) is 12.7 Å². The highest BCUT2D eigenvalue weighted by atomic mass is 35.5. The summed E-state index contributed by atoms with van der Waals surface area (Å²) < 4.78 is 14.6. The Hall–Kier alpha value is -1.55. The molecule has 0 radical (unpaired) electrons. The maximum absolute atomic E-state index is 12.7. The van der Waals surface area contributed by atoms with Crippen molar-refractivity contribution in [1.82, 2.24) is 9.78 Å². The van der Waals surface area contributed by atoms with Gasteiger partial charge in [0, 0.05) is 7.05 Å². The topological polar surface area (TPSA) is 29.9 Å². The van der Waals surface area contributed by atoms with Crippen LogP contribution in [0.5, 0.6) is 0 Å². The molecule has 3 nitrogen and oxygen atoms in total. The summed E-state index contributed by atoms with van der Waals surface area (Å²) in [4.78, 5) is 0. The van der Waals surface area contributed by atoms with Gasteiger partial charge in [0.2, 0.25) is 0 Å². The first-order valence-corrected chi connectivity index (χ1v) is 5.15. The summed E-state index contributed by atoms with van der Waals surface area (Å²) in [6.45, 7) is 2.66. The highest BCUT2D eigenvalue weighted by Crippen LogP contribution is 2.14. The number of rotatable bonds is 3. The Balaban J connectivity index is 0.00000144. The molecule has 0 aliphatic rings. The van der Waals surface area contributed by atoms with Gasteiger partial charge in [-0.1, -0.05) is 12.1 Å². The quantitative estimate of drug-likeness (QED) is 0.914. The van der Waals surface area contributed by atoms with E-state index in [0.29, 0.717) is 6.54 Å². The van der Waals surface area contributed by atoms with Gasteiger partial charge in [-0.25, -0.2) is 4.39 Å². The number of nitrogens with one attached hydrogen (secondary N) is 1. The predicted molar refractivity (Wildman–Crippen MR) is 69.3 cm³/mol. The highest BCUT2D eigenvalue weighted by molar-refractivity contribution is 5.85. The number of halogens is 2. The third kappa shape index (κ3) is 2.97. The molecule has 1 aromatic heterocycles. The number of anilines is 1. The van der Waals surface area contributed by atoms with E-state index in [2.05, 4.69) is 10.4 Å². The molecule has 1 N–H and O–H groups in total. The summed E-state index contributed by atoms with van der Waals surface area (Å²) >= 11 is 0. The van der Waals surface area contributed by atoms with Crippen LogP contribution in [0.4, 0.5) is 10.1 Å². The van der Waals surface area contributed by atoms with Crippen LogP contribution in [0.3, 0.4) is 0 Å². The molecule has 1 aromatic carbocycles. The van der Waals surface area contributed by atoms with Crippen LogP contribution in [-0.4, -0.2) is 16.8 Å². The van der Waals surface area contributed by atoms with Crippen molar-refractivity contribution in [3.05, 3.63) is 47.5 Å². The van der Waals surface area contributed by atoms with Crippen LogP contribution in [0.15, 0.2) is 30.5 Å². The standard InChI is InChI=1S/C12H14FN3.ClH/c1-9-12(14-2)7-15-16(9)8-10-3-5-11(13)6-4-10;/h3-7,14H,8H2,1-2H3;1H. The van der Waals surface area contributed by atoms with E-state index in [1.165, 1.54) is 12.1 Å². The van der Waals surface area contributed by atoms with Crippen molar-refractivity contribution in [2.45, 2.75) is 13.5 Å². The SMILES string of the molecule is CNc1cnn(Cc2ccc(F)cc2)c1C.Cl. The normalized spacial score (nSPS) is 9.82. The molecule has 0 amide bonds. The Bertz CT molecular complexity index is 479. The fraction of sp³-hybridized carbons (Fsp3) is 0.250. The molecular formula is C12H15ClFN3. The van der Waals surface area contributed by atoms with E-state index >= 15 is 0 Å². The van der Waals surface area contributed by atoms with Gasteiger partial charge in [0.05, 0.1) is 24.1 Å². The van der Waals surface area contributed by atoms with E-state index in [-0.39, 0.29) is 18.2 Å². The molecule has 17 heavy (non-hydrogen) atoms. The fourth-order valence-corrected chi connectivity index (χ4v) is 1.61. The summed E-state index contributed by atoms with van der Waals surface area (Å²) in [5, 5.41) is 7.33. The molecular weight excluding hydrogens is 241 g/mol. The molecule has 0 fully saturated rings. The molecule has 2 rings (SSSR count). The van der Waals surface area contributed by atoms with Crippen molar-refractivity contribution in [2.24, 2.45) is 0 Å². The molecule has 0 saturated carbocycles. The van der Waals surface area contributed by atoms with E-state index in [4.69, 9.17) is 0 Å². The van der Waals surface area contributed by atoms with E-state index in [1.807, 2.05) is 18.7 Å². The van der Waals surface area contributed by atoms with Gasteiger partial charge in [0.1, 0.15) is 5.82 Å². The van der Waals surface area contributed by atoms with E-state index in [9.17, 15) is 4.39 Å². The van der Waals surface area contributed by atoms with Gasteiger partial charge in [0.15, 0.2) is 0 Å². The number of aromatic nitrogens is 2. The molecule has 0 spiro atoms. The second-order valence-corrected chi connectivity index (χ2v) is 3.68. The Morgan fingerprint density at radius 1 is 1.29 bits per heavy atom. The Morgan fingerprint density at radius 2 is 1.94 bits per heavy atom. The minimum absolute atomic E-state index is 0. The molecule has 0 bridgehead atoms. The van der Waals surface area contributed by atoms with Gasteiger partial charge in [-0.05, 0) is 24.6 Å². The monoisotopic (exact) mass is 255 g/mol. The third-order valence-electron chi connectivity index (χ3n) is 2.62. The van der Waals surface area contributed by atoms with Crippen LogP contribution in [0.25, 0.3) is 0 Å². The van der Waals surface area contributed by atoms with Gasteiger partial charge in [-0.2, -0.15) is 5.10 Å². The van der Waals surface area contributed by atoms with Crippen LogP contribution in [0.1, 0.15) is 11.3 Å². The molecule has 0 aliphatic carbocycles. The molecule has 0 atom stereocenters. The summed E-state index contributed by atoms with van der Waals surface area (Å²) in [5.74, 6) is -0.211. The van der Waals surface area contributed by atoms with Crippen molar-refractivity contribution in [2.75, 3.05) is 12.4 Å². The van der Waals surface area contributed by atoms with Gasteiger partial charge in [-0.3, -0.25) is 4.68 Å². The van der Waals surface area contributed by atoms with E-state index in [0.717, 1.165) is 16.9 Å². The second-order valence-electron chi connectivity index (χ2n) is 3.68. The number of nitrogens with zero attached hydrogens (tertiary/aromatic N) is 2. The summed E-state index contributed by atoms with van der Waals surface area (Å²) in [7, 11) is 1.87. The molecule has 2 aromatic rings. The first-order chi connectivity index (χ1) is 7.70. The molecule has 0 aliphatic heterocycles. The minimum atomic E-state index is -0.211. The average Bonchev–Trinajstić information content (AvgIpc) is 2.63. The Labute approximate surface area is 106 Å². The van der Waals surface area contributed by atoms with Crippen LogP contribution >= 0.6 is 12.4 Å². The van der Waals surface area contributed by atoms with Crippen molar-refractivity contribution in [1.29, 1.82) is 0 Å². The molecule has 1 heterocycles. The Kier molecular flexibility index (Phi) is 4.52. The molecule has 92 valence electrons. The summed E-state index contributed by atoms with van der Waals surface area (Å²) in [6, 6.07) is 6.48.